The van der Waals surface area contributed by atoms with Gasteiger partial charge in [-0.2, -0.15) is 0 Å². The van der Waals surface area contributed by atoms with Crippen LogP contribution in [0, 0.1) is 17.8 Å². The molecule has 3 saturated carbocycles. The van der Waals surface area contributed by atoms with E-state index in [0.717, 1.165) is 45.2 Å². The van der Waals surface area contributed by atoms with Gasteiger partial charge in [0.1, 0.15) is 11.5 Å². The van der Waals surface area contributed by atoms with Crippen LogP contribution in [-0.2, 0) is 4.79 Å². The van der Waals surface area contributed by atoms with Crippen molar-refractivity contribution < 1.29 is 19.1 Å². The van der Waals surface area contributed by atoms with Gasteiger partial charge in [-0.05, 0) is 64.0 Å². The summed E-state index contributed by atoms with van der Waals surface area (Å²) >= 11 is 0. The summed E-state index contributed by atoms with van der Waals surface area (Å²) in [6.07, 6.45) is 5.48. The Bertz CT molecular complexity index is 895. The number of likely N-dealkylation sites (tertiary alicyclic amines) is 1. The minimum atomic E-state index is -0.710. The minimum absolute atomic E-state index is 0.00899. The Balaban J connectivity index is 1.26. The zero-order chi connectivity index (χ0) is 22.5. The van der Waals surface area contributed by atoms with E-state index in [1.54, 1.807) is 25.3 Å². The molecule has 2 N–H and O–H groups in total. The lowest BCUT2D eigenvalue weighted by Crippen LogP contribution is -2.67. The van der Waals surface area contributed by atoms with Gasteiger partial charge >= 0.3 is 0 Å². The van der Waals surface area contributed by atoms with Crippen LogP contribution in [0.2, 0.25) is 0 Å². The number of carbonyl (C=O) groups is 2. The largest absolute Gasteiger partial charge is 0.497 e. The smallest absolute Gasteiger partial charge is 0.258 e. The number of piperidine rings is 1. The fourth-order valence-electron chi connectivity index (χ4n) is 6.31. The van der Waals surface area contributed by atoms with Crippen LogP contribution in [0.1, 0.15) is 62.7 Å². The molecule has 1 aromatic carbocycles. The van der Waals surface area contributed by atoms with Gasteiger partial charge in [0.05, 0.1) is 12.7 Å². The number of ether oxygens (including phenoxy) is 2. The fraction of sp³-hybridized carbons (Fsp3) is 0.680. The first-order valence-corrected chi connectivity index (χ1v) is 12.1. The number of carbonyl (C=O) groups excluding carboxylic acids is 2. The van der Waals surface area contributed by atoms with Crippen LogP contribution in [0.15, 0.2) is 18.2 Å². The molecular weight excluding hydrogens is 406 g/mol. The summed E-state index contributed by atoms with van der Waals surface area (Å²) in [6, 6.07) is 6.16. The predicted octanol–water partition coefficient (Wildman–Crippen LogP) is 2.94. The normalized spacial score (nSPS) is 32.4. The molecule has 0 radical (unpaired) electrons. The van der Waals surface area contributed by atoms with Gasteiger partial charge in [0.25, 0.3) is 5.91 Å². The Morgan fingerprint density at radius 2 is 2.03 bits per heavy atom. The molecular formula is C25H35N3O4. The number of hydrogen-bond acceptors (Lipinski definition) is 5. The zero-order valence-electron chi connectivity index (χ0n) is 19.4. The molecule has 2 aliphatic heterocycles. The van der Waals surface area contributed by atoms with Crippen molar-refractivity contribution in [3.63, 3.8) is 0 Å². The lowest BCUT2D eigenvalue weighted by atomic mass is 9.60. The van der Waals surface area contributed by atoms with Crippen molar-refractivity contribution in [2.45, 2.75) is 70.2 Å². The number of fused-ring (bicyclic) bond motifs is 3. The van der Waals surface area contributed by atoms with Crippen LogP contribution in [0.3, 0.4) is 0 Å². The molecule has 4 atom stereocenters. The molecule has 5 aliphatic rings. The van der Waals surface area contributed by atoms with E-state index in [1.165, 1.54) is 0 Å². The number of rotatable bonds is 4. The highest BCUT2D eigenvalue weighted by molar-refractivity contribution is 5.98. The van der Waals surface area contributed by atoms with Crippen LogP contribution in [0.4, 0.5) is 0 Å². The van der Waals surface area contributed by atoms with Crippen molar-refractivity contribution in [3.8, 4) is 11.5 Å². The molecule has 4 fully saturated rings. The SMILES string of the molecule is COc1ccc2c(c1)O[C@]1(C[C@H]3CC[C@H]1C[C@H]3C(=O)NC1CCN(C(C)C)CC1)NC2=O. The molecule has 1 aromatic rings. The highest BCUT2D eigenvalue weighted by Gasteiger charge is 2.57. The molecule has 2 amide bonds. The Kier molecular flexibility index (Phi) is 5.56. The summed E-state index contributed by atoms with van der Waals surface area (Å²) in [7, 11) is 1.61. The number of hydrogen-bond donors (Lipinski definition) is 2. The molecule has 7 heteroatoms. The molecule has 0 aromatic heterocycles. The molecule has 1 spiro atoms. The van der Waals surface area contributed by atoms with E-state index in [2.05, 4.69) is 29.4 Å². The van der Waals surface area contributed by atoms with Gasteiger partial charge in [-0.15, -0.1) is 0 Å². The number of nitrogens with zero attached hydrogens (tertiary/aromatic N) is 1. The maximum absolute atomic E-state index is 13.2. The van der Waals surface area contributed by atoms with Crippen LogP contribution >= 0.6 is 0 Å². The third-order valence-electron chi connectivity index (χ3n) is 8.21. The molecule has 32 heavy (non-hydrogen) atoms. The third-order valence-corrected chi connectivity index (χ3v) is 8.21. The second-order valence-electron chi connectivity index (χ2n) is 10.3. The Labute approximate surface area is 190 Å². The van der Waals surface area contributed by atoms with Gasteiger partial charge in [-0.1, -0.05) is 0 Å². The monoisotopic (exact) mass is 441 g/mol. The maximum Gasteiger partial charge on any atom is 0.258 e. The summed E-state index contributed by atoms with van der Waals surface area (Å²) in [6.45, 7) is 6.55. The summed E-state index contributed by atoms with van der Waals surface area (Å²) in [5, 5.41) is 6.53. The first-order valence-electron chi connectivity index (χ1n) is 12.1. The molecule has 0 unspecified atom stereocenters. The first-order chi connectivity index (χ1) is 15.4. The summed E-state index contributed by atoms with van der Waals surface area (Å²) in [5.41, 5.74) is -0.168. The van der Waals surface area contributed by atoms with E-state index in [4.69, 9.17) is 9.47 Å². The summed E-state index contributed by atoms with van der Waals surface area (Å²) in [4.78, 5) is 28.6. The molecule has 6 rings (SSSR count). The standard InChI is InChI=1S/C25H35N3O4/c1-15(2)28-10-8-18(9-11-28)26-23(29)21-12-17-5-4-16(21)14-25(17)27-24(30)20-7-6-19(31-3)13-22(20)32-25/h6-7,13,15-18,21H,4-5,8-12,14H2,1-3H3,(H,26,29)(H,27,30)/t16-,17+,21-,25+/m1/s1. The quantitative estimate of drug-likeness (QED) is 0.751. The van der Waals surface area contributed by atoms with Crippen molar-refractivity contribution in [1.29, 1.82) is 0 Å². The van der Waals surface area contributed by atoms with Gasteiger partial charge in [-0.3, -0.25) is 9.59 Å². The molecule has 2 heterocycles. The Morgan fingerprint density at radius 1 is 1.25 bits per heavy atom. The van der Waals surface area contributed by atoms with Gasteiger partial charge < -0.3 is 25.0 Å². The van der Waals surface area contributed by atoms with Gasteiger partial charge in [0.15, 0.2) is 5.72 Å². The average molecular weight is 442 g/mol. The molecule has 7 nitrogen and oxygen atoms in total. The van der Waals surface area contributed by atoms with Crippen LogP contribution < -0.4 is 20.1 Å². The highest BCUT2D eigenvalue weighted by Crippen LogP contribution is 2.52. The van der Waals surface area contributed by atoms with Crippen molar-refractivity contribution >= 4 is 11.8 Å². The molecule has 174 valence electrons. The highest BCUT2D eigenvalue weighted by atomic mass is 16.5. The summed E-state index contributed by atoms with van der Waals surface area (Å²) < 4.78 is 11.8. The number of methoxy groups -OCH3 is 1. The van der Waals surface area contributed by atoms with Crippen LogP contribution in [0.25, 0.3) is 0 Å². The molecule has 1 saturated heterocycles. The Hall–Kier alpha value is -2.28. The van der Waals surface area contributed by atoms with Crippen LogP contribution in [0.5, 0.6) is 11.5 Å². The van der Waals surface area contributed by atoms with Gasteiger partial charge in [0, 0.05) is 49.5 Å². The summed E-state index contributed by atoms with van der Waals surface area (Å²) in [5.74, 6) is 1.72. The van der Waals surface area contributed by atoms with E-state index < -0.39 is 5.72 Å². The van der Waals surface area contributed by atoms with E-state index in [9.17, 15) is 9.59 Å². The number of amides is 2. The van der Waals surface area contributed by atoms with Crippen molar-refractivity contribution in [2.75, 3.05) is 20.2 Å². The number of benzene rings is 1. The van der Waals surface area contributed by atoms with E-state index >= 15 is 0 Å². The van der Waals surface area contributed by atoms with Crippen molar-refractivity contribution in [3.05, 3.63) is 23.8 Å². The molecule has 2 bridgehead atoms. The van der Waals surface area contributed by atoms with E-state index in [0.29, 0.717) is 29.5 Å². The van der Waals surface area contributed by atoms with E-state index in [1.807, 2.05) is 0 Å². The lowest BCUT2D eigenvalue weighted by Gasteiger charge is -2.55. The van der Waals surface area contributed by atoms with Crippen molar-refractivity contribution in [2.24, 2.45) is 17.8 Å². The zero-order valence-corrected chi connectivity index (χ0v) is 19.4. The average Bonchev–Trinajstić information content (AvgIpc) is 2.79. The second-order valence-corrected chi connectivity index (χ2v) is 10.3. The fourth-order valence-corrected chi connectivity index (χ4v) is 6.31. The van der Waals surface area contributed by atoms with E-state index in [-0.39, 0.29) is 35.6 Å². The Morgan fingerprint density at radius 3 is 2.69 bits per heavy atom. The lowest BCUT2D eigenvalue weighted by molar-refractivity contribution is -0.147. The van der Waals surface area contributed by atoms with Crippen molar-refractivity contribution in [1.82, 2.24) is 15.5 Å². The molecule has 3 aliphatic carbocycles. The van der Waals surface area contributed by atoms with Crippen LogP contribution in [-0.4, -0.2) is 54.7 Å². The maximum atomic E-state index is 13.2. The first kappa shape index (κ1) is 21.6. The predicted molar refractivity (Wildman–Crippen MR) is 121 cm³/mol. The number of nitrogens with one attached hydrogen (secondary N) is 2. The minimum Gasteiger partial charge on any atom is -0.497 e. The van der Waals surface area contributed by atoms with Gasteiger partial charge in [-0.25, -0.2) is 0 Å². The third kappa shape index (κ3) is 3.74. The second kappa shape index (κ2) is 8.25. The topological polar surface area (TPSA) is 79.9 Å². The van der Waals surface area contributed by atoms with Gasteiger partial charge in [0.2, 0.25) is 5.91 Å².